The van der Waals surface area contributed by atoms with Crippen LogP contribution in [0.15, 0.2) is 53.0 Å². The van der Waals surface area contributed by atoms with Gasteiger partial charge in [0.2, 0.25) is 0 Å². The highest BCUT2D eigenvalue weighted by atomic mass is 79.9. The third-order valence-corrected chi connectivity index (χ3v) is 2.87. The van der Waals surface area contributed by atoms with E-state index in [1.54, 1.807) is 6.07 Å². The molecule has 0 aliphatic rings. The van der Waals surface area contributed by atoms with Gasteiger partial charge in [-0.15, -0.1) is 0 Å². The molecule has 0 saturated carbocycles. The average Bonchev–Trinajstić information content (AvgIpc) is 2.30. The highest BCUT2D eigenvalue weighted by Crippen LogP contribution is 2.28. The number of nitrogens with zero attached hydrogens (tertiary/aromatic N) is 1. The van der Waals surface area contributed by atoms with E-state index in [0.717, 1.165) is 15.6 Å². The summed E-state index contributed by atoms with van der Waals surface area (Å²) in [6.45, 7) is 0. The molecule has 72 valence electrons. The maximum absolute atomic E-state index is 8.82. The first kappa shape index (κ1) is 9.95. The number of hydrogen-bond donors (Lipinski definition) is 0. The second kappa shape index (κ2) is 4.29. The minimum Gasteiger partial charge on any atom is -0.192 e. The lowest BCUT2D eigenvalue weighted by atomic mass is 10.0. The number of hydrogen-bond acceptors (Lipinski definition) is 1. The van der Waals surface area contributed by atoms with Crippen molar-refractivity contribution >= 4 is 15.9 Å². The van der Waals surface area contributed by atoms with Crippen molar-refractivity contribution in [3.8, 4) is 17.2 Å². The van der Waals surface area contributed by atoms with Crippen molar-refractivity contribution < 1.29 is 0 Å². The zero-order valence-corrected chi connectivity index (χ0v) is 9.53. The molecule has 0 saturated heterocycles. The van der Waals surface area contributed by atoms with E-state index in [-0.39, 0.29) is 0 Å². The lowest BCUT2D eigenvalue weighted by Crippen LogP contribution is -1.81. The summed E-state index contributed by atoms with van der Waals surface area (Å²) in [6.07, 6.45) is 0. The molecule has 0 N–H and O–H groups in total. The second-order valence-electron chi connectivity index (χ2n) is 3.17. The molecule has 0 amide bonds. The summed E-state index contributed by atoms with van der Waals surface area (Å²) in [6, 6.07) is 17.7. The Kier molecular flexibility index (Phi) is 2.84. The minimum atomic E-state index is 0.684. The van der Waals surface area contributed by atoms with Crippen LogP contribution in [0.5, 0.6) is 0 Å². The fraction of sp³-hybridized carbons (Fsp3) is 0. The monoisotopic (exact) mass is 257 g/mol. The molecule has 0 unspecified atom stereocenters. The molecule has 0 fully saturated rings. The summed E-state index contributed by atoms with van der Waals surface area (Å²) in [4.78, 5) is 0. The minimum absolute atomic E-state index is 0.684. The van der Waals surface area contributed by atoms with Crippen LogP contribution in [0.1, 0.15) is 5.56 Å². The Balaban J connectivity index is 2.55. The molecule has 0 radical (unpaired) electrons. The fourth-order valence-electron chi connectivity index (χ4n) is 1.45. The molecule has 1 nitrogen and oxygen atoms in total. The van der Waals surface area contributed by atoms with Crippen LogP contribution in [-0.2, 0) is 0 Å². The molecule has 2 heteroatoms. The zero-order chi connectivity index (χ0) is 10.7. The molecule has 15 heavy (non-hydrogen) atoms. The largest absolute Gasteiger partial charge is 0.192 e. The molecule has 0 atom stereocenters. The molecule has 2 aromatic carbocycles. The summed E-state index contributed by atoms with van der Waals surface area (Å²) in [5, 5.41) is 8.82. The third-order valence-electron chi connectivity index (χ3n) is 2.18. The van der Waals surface area contributed by atoms with Gasteiger partial charge in [-0.05, 0) is 29.3 Å². The number of halogens is 1. The van der Waals surface area contributed by atoms with E-state index >= 15 is 0 Å². The van der Waals surface area contributed by atoms with Gasteiger partial charge in [0.1, 0.15) is 0 Å². The molecule has 2 rings (SSSR count). The van der Waals surface area contributed by atoms with Gasteiger partial charge in [0.15, 0.2) is 0 Å². The van der Waals surface area contributed by atoms with Gasteiger partial charge in [-0.25, -0.2) is 0 Å². The van der Waals surface area contributed by atoms with Gasteiger partial charge >= 0.3 is 0 Å². The smallest absolute Gasteiger partial charge is 0.0991 e. The van der Waals surface area contributed by atoms with Crippen LogP contribution in [0.3, 0.4) is 0 Å². The molecule has 0 heterocycles. The first-order valence-electron chi connectivity index (χ1n) is 4.56. The topological polar surface area (TPSA) is 23.8 Å². The lowest BCUT2D eigenvalue weighted by Gasteiger charge is -2.04. The van der Waals surface area contributed by atoms with E-state index < -0.39 is 0 Å². The van der Waals surface area contributed by atoms with Crippen LogP contribution in [0.2, 0.25) is 0 Å². The normalized spacial score (nSPS) is 9.60. The van der Waals surface area contributed by atoms with Gasteiger partial charge in [0.05, 0.1) is 11.6 Å². The SMILES string of the molecule is N#Cc1cccc(-c2ccccc2Br)c1. The van der Waals surface area contributed by atoms with E-state index in [4.69, 9.17) is 5.26 Å². The quantitative estimate of drug-likeness (QED) is 0.758. The second-order valence-corrected chi connectivity index (χ2v) is 4.03. The summed E-state index contributed by atoms with van der Waals surface area (Å²) in [5.74, 6) is 0. The van der Waals surface area contributed by atoms with Crippen molar-refractivity contribution in [2.24, 2.45) is 0 Å². The van der Waals surface area contributed by atoms with Crippen molar-refractivity contribution in [2.75, 3.05) is 0 Å². The van der Waals surface area contributed by atoms with Crippen molar-refractivity contribution in [1.82, 2.24) is 0 Å². The molecular formula is C13H8BrN. The predicted molar refractivity (Wildman–Crippen MR) is 64.3 cm³/mol. The van der Waals surface area contributed by atoms with Crippen LogP contribution in [0.4, 0.5) is 0 Å². The van der Waals surface area contributed by atoms with Gasteiger partial charge in [0, 0.05) is 4.47 Å². The van der Waals surface area contributed by atoms with E-state index in [9.17, 15) is 0 Å². The van der Waals surface area contributed by atoms with Gasteiger partial charge in [0.25, 0.3) is 0 Å². The average molecular weight is 258 g/mol. The maximum Gasteiger partial charge on any atom is 0.0991 e. The number of nitriles is 1. The van der Waals surface area contributed by atoms with Crippen molar-refractivity contribution in [3.63, 3.8) is 0 Å². The van der Waals surface area contributed by atoms with E-state index in [2.05, 4.69) is 22.0 Å². The predicted octanol–water partition coefficient (Wildman–Crippen LogP) is 3.99. The molecule has 2 aromatic rings. The van der Waals surface area contributed by atoms with Crippen molar-refractivity contribution in [3.05, 3.63) is 58.6 Å². The number of benzene rings is 2. The van der Waals surface area contributed by atoms with Crippen LogP contribution in [-0.4, -0.2) is 0 Å². The molecular weight excluding hydrogens is 250 g/mol. The van der Waals surface area contributed by atoms with Gasteiger partial charge in [-0.1, -0.05) is 46.3 Å². The Morgan fingerprint density at radius 1 is 1.00 bits per heavy atom. The third kappa shape index (κ3) is 2.08. The first-order valence-corrected chi connectivity index (χ1v) is 5.35. The highest BCUT2D eigenvalue weighted by molar-refractivity contribution is 9.10. The first-order chi connectivity index (χ1) is 7.31. The van der Waals surface area contributed by atoms with Crippen LogP contribution < -0.4 is 0 Å². The Labute approximate surface area is 97.1 Å². The molecule has 0 aromatic heterocycles. The lowest BCUT2D eigenvalue weighted by molar-refractivity contribution is 1.48. The van der Waals surface area contributed by atoms with Gasteiger partial charge in [-0.2, -0.15) is 5.26 Å². The summed E-state index contributed by atoms with van der Waals surface area (Å²) in [5.41, 5.74) is 2.85. The van der Waals surface area contributed by atoms with E-state index in [0.29, 0.717) is 5.56 Å². The standard InChI is InChI=1S/C13H8BrN/c14-13-7-2-1-6-12(13)11-5-3-4-10(8-11)9-15/h1-8H. The molecule has 0 spiro atoms. The molecule has 0 aliphatic carbocycles. The Hall–Kier alpha value is -1.59. The Morgan fingerprint density at radius 2 is 1.80 bits per heavy atom. The van der Waals surface area contributed by atoms with Crippen LogP contribution in [0, 0.1) is 11.3 Å². The summed E-state index contributed by atoms with van der Waals surface area (Å²) >= 11 is 3.50. The molecule has 0 aliphatic heterocycles. The van der Waals surface area contributed by atoms with Crippen LogP contribution >= 0.6 is 15.9 Å². The Bertz CT molecular complexity index is 526. The highest BCUT2D eigenvalue weighted by Gasteiger charge is 2.02. The molecule has 0 bridgehead atoms. The van der Waals surface area contributed by atoms with E-state index in [1.807, 2.05) is 42.5 Å². The van der Waals surface area contributed by atoms with Crippen molar-refractivity contribution in [2.45, 2.75) is 0 Å². The Morgan fingerprint density at radius 3 is 2.53 bits per heavy atom. The summed E-state index contributed by atoms with van der Waals surface area (Å²) in [7, 11) is 0. The van der Waals surface area contributed by atoms with Crippen molar-refractivity contribution in [1.29, 1.82) is 5.26 Å². The number of rotatable bonds is 1. The zero-order valence-electron chi connectivity index (χ0n) is 7.94. The summed E-state index contributed by atoms with van der Waals surface area (Å²) < 4.78 is 1.04. The maximum atomic E-state index is 8.82. The fourth-order valence-corrected chi connectivity index (χ4v) is 1.97. The van der Waals surface area contributed by atoms with Crippen LogP contribution in [0.25, 0.3) is 11.1 Å². The van der Waals surface area contributed by atoms with Gasteiger partial charge < -0.3 is 0 Å². The van der Waals surface area contributed by atoms with Gasteiger partial charge in [-0.3, -0.25) is 0 Å². The van der Waals surface area contributed by atoms with E-state index in [1.165, 1.54) is 0 Å².